The van der Waals surface area contributed by atoms with Gasteiger partial charge < -0.3 is 11.1 Å². The second-order valence-corrected chi connectivity index (χ2v) is 5.15. The molecule has 1 aromatic rings. The molecule has 0 aromatic heterocycles. The third-order valence-electron chi connectivity index (χ3n) is 2.21. The summed E-state index contributed by atoms with van der Waals surface area (Å²) in [6.45, 7) is 3.81. The third-order valence-corrected chi connectivity index (χ3v) is 3.42. The van der Waals surface area contributed by atoms with Gasteiger partial charge in [0.25, 0.3) is 0 Å². The largest absolute Gasteiger partial charge is 0.325 e. The summed E-state index contributed by atoms with van der Waals surface area (Å²) in [4.78, 5) is 11.7. The van der Waals surface area contributed by atoms with Gasteiger partial charge in [0.2, 0.25) is 5.91 Å². The fourth-order valence-corrected chi connectivity index (χ4v) is 1.60. The van der Waals surface area contributed by atoms with E-state index in [-0.39, 0.29) is 11.8 Å². The van der Waals surface area contributed by atoms with Gasteiger partial charge >= 0.3 is 0 Å². The average molecular weight is 306 g/mol. The van der Waals surface area contributed by atoms with E-state index in [9.17, 15) is 4.79 Å². The summed E-state index contributed by atoms with van der Waals surface area (Å²) in [6, 6.07) is 4.68. The van der Waals surface area contributed by atoms with E-state index in [1.807, 2.05) is 13.8 Å². The Labute approximate surface area is 108 Å². The van der Waals surface area contributed by atoms with Crippen LogP contribution in [-0.2, 0) is 4.79 Å². The SMILES string of the molecule is CC(C)[C@H](N)C(=O)Nc1ccc(Cl)c(Br)c1. The van der Waals surface area contributed by atoms with Crippen molar-refractivity contribution < 1.29 is 4.79 Å². The smallest absolute Gasteiger partial charge is 0.241 e. The zero-order chi connectivity index (χ0) is 12.3. The van der Waals surface area contributed by atoms with E-state index in [4.69, 9.17) is 17.3 Å². The van der Waals surface area contributed by atoms with Gasteiger partial charge in [0.05, 0.1) is 11.1 Å². The molecule has 1 amide bonds. The Balaban J connectivity index is 2.74. The zero-order valence-corrected chi connectivity index (χ0v) is 11.5. The van der Waals surface area contributed by atoms with Crippen molar-refractivity contribution in [1.29, 1.82) is 0 Å². The van der Waals surface area contributed by atoms with Gasteiger partial charge in [-0.1, -0.05) is 25.4 Å². The van der Waals surface area contributed by atoms with Crippen molar-refractivity contribution in [1.82, 2.24) is 0 Å². The van der Waals surface area contributed by atoms with Gasteiger partial charge in [0.15, 0.2) is 0 Å². The molecule has 3 nitrogen and oxygen atoms in total. The summed E-state index contributed by atoms with van der Waals surface area (Å²) >= 11 is 9.13. The molecular weight excluding hydrogens is 291 g/mol. The molecule has 0 saturated carbocycles. The summed E-state index contributed by atoms with van der Waals surface area (Å²) in [5.41, 5.74) is 6.40. The van der Waals surface area contributed by atoms with Crippen LogP contribution in [0.25, 0.3) is 0 Å². The lowest BCUT2D eigenvalue weighted by atomic mass is 10.1. The Hall–Kier alpha value is -0.580. The number of carbonyl (C=O) groups is 1. The summed E-state index contributed by atoms with van der Waals surface area (Å²) in [6.07, 6.45) is 0. The first-order chi connectivity index (χ1) is 7.41. The van der Waals surface area contributed by atoms with Crippen molar-refractivity contribution in [3.05, 3.63) is 27.7 Å². The Morgan fingerprint density at radius 1 is 1.50 bits per heavy atom. The van der Waals surface area contributed by atoms with E-state index in [0.29, 0.717) is 10.7 Å². The Kier molecular flexibility index (Phi) is 4.77. The van der Waals surface area contributed by atoms with Crippen LogP contribution in [-0.4, -0.2) is 11.9 Å². The number of hydrogen-bond acceptors (Lipinski definition) is 2. The molecule has 1 aromatic carbocycles. The maximum Gasteiger partial charge on any atom is 0.241 e. The number of rotatable bonds is 3. The molecule has 0 unspecified atom stereocenters. The van der Waals surface area contributed by atoms with Crippen LogP contribution in [0.2, 0.25) is 5.02 Å². The molecule has 0 aliphatic carbocycles. The molecule has 0 fully saturated rings. The van der Waals surface area contributed by atoms with Crippen LogP contribution < -0.4 is 11.1 Å². The van der Waals surface area contributed by atoms with Crippen molar-refractivity contribution in [2.75, 3.05) is 5.32 Å². The van der Waals surface area contributed by atoms with Gasteiger partial charge in [-0.15, -0.1) is 0 Å². The minimum absolute atomic E-state index is 0.107. The molecule has 0 spiro atoms. The molecule has 0 heterocycles. The van der Waals surface area contributed by atoms with Crippen LogP contribution >= 0.6 is 27.5 Å². The molecule has 0 saturated heterocycles. The van der Waals surface area contributed by atoms with E-state index in [1.165, 1.54) is 0 Å². The lowest BCUT2D eigenvalue weighted by molar-refractivity contribution is -0.118. The quantitative estimate of drug-likeness (QED) is 0.902. The predicted octanol–water partition coefficient (Wildman–Crippen LogP) is 3.02. The molecule has 3 N–H and O–H groups in total. The highest BCUT2D eigenvalue weighted by atomic mass is 79.9. The Morgan fingerprint density at radius 2 is 2.12 bits per heavy atom. The molecule has 1 rings (SSSR count). The van der Waals surface area contributed by atoms with Crippen LogP contribution in [0.15, 0.2) is 22.7 Å². The van der Waals surface area contributed by atoms with Gasteiger partial charge in [0.1, 0.15) is 0 Å². The fraction of sp³-hybridized carbons (Fsp3) is 0.364. The van der Waals surface area contributed by atoms with E-state index in [0.717, 1.165) is 4.47 Å². The normalized spacial score (nSPS) is 12.6. The summed E-state index contributed by atoms with van der Waals surface area (Å²) in [5.74, 6) is -0.0834. The molecular formula is C11H14BrClN2O. The predicted molar refractivity (Wildman–Crippen MR) is 70.6 cm³/mol. The zero-order valence-electron chi connectivity index (χ0n) is 9.13. The fourth-order valence-electron chi connectivity index (χ4n) is 1.10. The lowest BCUT2D eigenvalue weighted by Gasteiger charge is -2.15. The number of carbonyl (C=O) groups excluding carboxylic acids is 1. The highest BCUT2D eigenvalue weighted by Crippen LogP contribution is 2.25. The number of amides is 1. The second kappa shape index (κ2) is 5.66. The maximum absolute atomic E-state index is 11.7. The van der Waals surface area contributed by atoms with Crippen LogP contribution in [0.4, 0.5) is 5.69 Å². The molecule has 0 aliphatic heterocycles. The number of halogens is 2. The number of hydrogen-bond donors (Lipinski definition) is 2. The van der Waals surface area contributed by atoms with Crippen LogP contribution in [0.3, 0.4) is 0 Å². The first kappa shape index (κ1) is 13.5. The van der Waals surface area contributed by atoms with E-state index in [1.54, 1.807) is 18.2 Å². The van der Waals surface area contributed by atoms with Crippen molar-refractivity contribution in [2.45, 2.75) is 19.9 Å². The van der Waals surface area contributed by atoms with Gasteiger partial charge in [-0.05, 0) is 40.0 Å². The molecule has 0 aliphatic rings. The van der Waals surface area contributed by atoms with Crippen LogP contribution in [0.1, 0.15) is 13.8 Å². The van der Waals surface area contributed by atoms with Gasteiger partial charge in [0, 0.05) is 10.2 Å². The molecule has 16 heavy (non-hydrogen) atoms. The number of nitrogens with two attached hydrogens (primary N) is 1. The monoisotopic (exact) mass is 304 g/mol. The molecule has 88 valence electrons. The second-order valence-electron chi connectivity index (χ2n) is 3.89. The van der Waals surface area contributed by atoms with E-state index >= 15 is 0 Å². The topological polar surface area (TPSA) is 55.1 Å². The lowest BCUT2D eigenvalue weighted by Crippen LogP contribution is -2.39. The van der Waals surface area contributed by atoms with Gasteiger partial charge in [-0.2, -0.15) is 0 Å². The molecule has 1 atom stereocenters. The highest BCUT2D eigenvalue weighted by molar-refractivity contribution is 9.10. The van der Waals surface area contributed by atoms with Crippen LogP contribution in [0.5, 0.6) is 0 Å². The van der Waals surface area contributed by atoms with Gasteiger partial charge in [-0.25, -0.2) is 0 Å². The van der Waals surface area contributed by atoms with Gasteiger partial charge in [-0.3, -0.25) is 4.79 Å². The Bertz CT molecular complexity index is 396. The molecule has 5 heteroatoms. The summed E-state index contributed by atoms with van der Waals surface area (Å²) < 4.78 is 0.741. The number of anilines is 1. The number of benzene rings is 1. The first-order valence-corrected chi connectivity index (χ1v) is 6.10. The molecule has 0 bridgehead atoms. The average Bonchev–Trinajstić information content (AvgIpc) is 2.22. The minimum atomic E-state index is -0.505. The van der Waals surface area contributed by atoms with Crippen molar-refractivity contribution in [3.63, 3.8) is 0 Å². The minimum Gasteiger partial charge on any atom is -0.325 e. The molecule has 0 radical (unpaired) electrons. The van der Waals surface area contributed by atoms with Crippen molar-refractivity contribution >= 4 is 39.1 Å². The first-order valence-electron chi connectivity index (χ1n) is 4.93. The van der Waals surface area contributed by atoms with E-state index in [2.05, 4.69) is 21.2 Å². The number of nitrogens with one attached hydrogen (secondary N) is 1. The third kappa shape index (κ3) is 3.47. The standard InChI is InChI=1S/C11H14BrClN2O/c1-6(2)10(14)11(16)15-7-3-4-9(13)8(12)5-7/h3-6,10H,14H2,1-2H3,(H,15,16)/t10-/m0/s1. The summed E-state index contributed by atoms with van der Waals surface area (Å²) in [5, 5.41) is 3.34. The van der Waals surface area contributed by atoms with Crippen molar-refractivity contribution in [3.8, 4) is 0 Å². The van der Waals surface area contributed by atoms with Crippen molar-refractivity contribution in [2.24, 2.45) is 11.7 Å². The highest BCUT2D eigenvalue weighted by Gasteiger charge is 2.17. The maximum atomic E-state index is 11.7. The Morgan fingerprint density at radius 3 is 2.62 bits per heavy atom. The van der Waals surface area contributed by atoms with Crippen LogP contribution in [0, 0.1) is 5.92 Å². The van der Waals surface area contributed by atoms with E-state index < -0.39 is 6.04 Å². The summed E-state index contributed by atoms with van der Waals surface area (Å²) in [7, 11) is 0.